The average Bonchev–Trinajstić information content (AvgIpc) is 3.30. The lowest BCUT2D eigenvalue weighted by atomic mass is 10.1. The molecule has 0 atom stereocenters. The predicted octanol–water partition coefficient (Wildman–Crippen LogP) is 4.37. The monoisotopic (exact) mass is 407 g/mol. The van der Waals surface area contributed by atoms with Crippen molar-refractivity contribution in [3.05, 3.63) is 59.4 Å². The van der Waals surface area contributed by atoms with E-state index in [1.54, 1.807) is 17.7 Å². The van der Waals surface area contributed by atoms with Crippen molar-refractivity contribution in [2.24, 2.45) is 0 Å². The number of hydrogen-bond donors (Lipinski definition) is 1. The molecular formula is C21H21N5O2S. The summed E-state index contributed by atoms with van der Waals surface area (Å²) >= 11 is 1.47. The van der Waals surface area contributed by atoms with Gasteiger partial charge in [0, 0.05) is 17.7 Å². The highest BCUT2D eigenvalue weighted by atomic mass is 32.1. The van der Waals surface area contributed by atoms with E-state index in [2.05, 4.69) is 27.5 Å². The van der Waals surface area contributed by atoms with E-state index in [9.17, 15) is 4.79 Å². The molecule has 0 radical (unpaired) electrons. The SMILES string of the molecule is CCCc1nnc2sc(-c3cccc(NC(=O)c4cccc(C)c4OC)c3)nn12. The molecule has 0 aliphatic rings. The van der Waals surface area contributed by atoms with Crippen molar-refractivity contribution in [1.29, 1.82) is 0 Å². The van der Waals surface area contributed by atoms with Crippen LogP contribution in [0.15, 0.2) is 42.5 Å². The lowest BCUT2D eigenvalue weighted by Crippen LogP contribution is -2.13. The Bertz CT molecular complexity index is 1180. The smallest absolute Gasteiger partial charge is 0.259 e. The Balaban J connectivity index is 1.61. The molecule has 8 heteroatoms. The fraction of sp³-hybridized carbons (Fsp3) is 0.238. The van der Waals surface area contributed by atoms with E-state index in [4.69, 9.17) is 4.74 Å². The minimum atomic E-state index is -0.217. The van der Waals surface area contributed by atoms with Crippen molar-refractivity contribution in [2.45, 2.75) is 26.7 Å². The Kier molecular flexibility index (Phi) is 5.26. The molecule has 0 saturated heterocycles. The number of anilines is 1. The summed E-state index contributed by atoms with van der Waals surface area (Å²) in [6.45, 7) is 4.01. The minimum Gasteiger partial charge on any atom is -0.496 e. The molecule has 0 saturated carbocycles. The van der Waals surface area contributed by atoms with Gasteiger partial charge < -0.3 is 10.1 Å². The quantitative estimate of drug-likeness (QED) is 0.513. The highest BCUT2D eigenvalue weighted by molar-refractivity contribution is 7.19. The summed E-state index contributed by atoms with van der Waals surface area (Å²) < 4.78 is 7.20. The van der Waals surface area contributed by atoms with Gasteiger partial charge in [-0.25, -0.2) is 0 Å². The fourth-order valence-electron chi connectivity index (χ4n) is 3.18. The Morgan fingerprint density at radius 1 is 1.21 bits per heavy atom. The van der Waals surface area contributed by atoms with E-state index in [1.807, 2.05) is 43.3 Å². The minimum absolute atomic E-state index is 0.217. The first kappa shape index (κ1) is 19.1. The van der Waals surface area contributed by atoms with Gasteiger partial charge in [0.15, 0.2) is 5.82 Å². The molecule has 0 spiro atoms. The highest BCUT2D eigenvalue weighted by Crippen LogP contribution is 2.29. The van der Waals surface area contributed by atoms with Crippen molar-refractivity contribution in [2.75, 3.05) is 12.4 Å². The van der Waals surface area contributed by atoms with Crippen LogP contribution in [0.4, 0.5) is 5.69 Å². The molecule has 0 bridgehead atoms. The standard InChI is InChI=1S/C21H21N5O2S/c1-4-7-17-23-24-21-26(17)25-20(29-21)14-9-6-10-15(12-14)22-19(27)16-11-5-8-13(2)18(16)28-3/h5-6,8-12H,4,7H2,1-3H3,(H,22,27). The number of aromatic nitrogens is 4. The first-order chi connectivity index (χ1) is 14.1. The van der Waals surface area contributed by atoms with Gasteiger partial charge in [-0.3, -0.25) is 4.79 Å². The second kappa shape index (κ2) is 8.00. The third-order valence-electron chi connectivity index (χ3n) is 4.56. The lowest BCUT2D eigenvalue weighted by molar-refractivity contribution is 0.102. The normalized spacial score (nSPS) is 11.0. The number of para-hydroxylation sites is 1. The zero-order valence-electron chi connectivity index (χ0n) is 16.5. The molecule has 7 nitrogen and oxygen atoms in total. The van der Waals surface area contributed by atoms with Crippen LogP contribution in [-0.4, -0.2) is 32.8 Å². The fourth-order valence-corrected chi connectivity index (χ4v) is 4.04. The van der Waals surface area contributed by atoms with E-state index < -0.39 is 0 Å². The molecule has 1 N–H and O–H groups in total. The number of aryl methyl sites for hydroxylation is 2. The van der Waals surface area contributed by atoms with Crippen LogP contribution in [0.2, 0.25) is 0 Å². The third kappa shape index (κ3) is 3.71. The number of nitrogens with one attached hydrogen (secondary N) is 1. The van der Waals surface area contributed by atoms with E-state index in [0.717, 1.165) is 39.8 Å². The Morgan fingerprint density at radius 3 is 2.83 bits per heavy atom. The topological polar surface area (TPSA) is 81.4 Å². The summed E-state index contributed by atoms with van der Waals surface area (Å²) in [6, 6.07) is 13.1. The molecule has 0 fully saturated rings. The first-order valence-electron chi connectivity index (χ1n) is 9.37. The number of carbonyl (C=O) groups excluding carboxylic acids is 1. The van der Waals surface area contributed by atoms with Gasteiger partial charge in [-0.15, -0.1) is 10.2 Å². The van der Waals surface area contributed by atoms with Gasteiger partial charge in [-0.1, -0.05) is 42.5 Å². The van der Waals surface area contributed by atoms with E-state index in [1.165, 1.54) is 11.3 Å². The molecule has 0 aliphatic carbocycles. The zero-order valence-corrected chi connectivity index (χ0v) is 17.3. The van der Waals surface area contributed by atoms with Gasteiger partial charge in [-0.05, 0) is 37.1 Å². The number of methoxy groups -OCH3 is 1. The summed E-state index contributed by atoms with van der Waals surface area (Å²) in [5.41, 5.74) is 3.02. The Hall–Kier alpha value is -3.26. The third-order valence-corrected chi connectivity index (χ3v) is 5.50. The van der Waals surface area contributed by atoms with E-state index >= 15 is 0 Å². The van der Waals surface area contributed by atoms with Crippen molar-refractivity contribution >= 4 is 27.9 Å². The van der Waals surface area contributed by atoms with E-state index in [-0.39, 0.29) is 5.91 Å². The Morgan fingerprint density at radius 2 is 2.03 bits per heavy atom. The summed E-state index contributed by atoms with van der Waals surface area (Å²) in [5, 5.41) is 16.8. The maximum Gasteiger partial charge on any atom is 0.259 e. The molecule has 148 valence electrons. The van der Waals surface area contributed by atoms with Crippen molar-refractivity contribution in [1.82, 2.24) is 19.8 Å². The van der Waals surface area contributed by atoms with Crippen molar-refractivity contribution in [3.63, 3.8) is 0 Å². The predicted molar refractivity (Wildman–Crippen MR) is 114 cm³/mol. The summed E-state index contributed by atoms with van der Waals surface area (Å²) in [4.78, 5) is 13.5. The van der Waals surface area contributed by atoms with Gasteiger partial charge in [0.1, 0.15) is 10.8 Å². The molecule has 29 heavy (non-hydrogen) atoms. The number of carbonyl (C=O) groups is 1. The maximum absolute atomic E-state index is 12.8. The molecule has 0 aliphatic heterocycles. The van der Waals surface area contributed by atoms with Gasteiger partial charge in [0.05, 0.1) is 12.7 Å². The second-order valence-electron chi connectivity index (χ2n) is 6.66. The second-order valence-corrected chi connectivity index (χ2v) is 7.61. The molecule has 2 aromatic carbocycles. The first-order valence-corrected chi connectivity index (χ1v) is 10.2. The average molecular weight is 407 g/mol. The summed E-state index contributed by atoms with van der Waals surface area (Å²) in [7, 11) is 1.57. The van der Waals surface area contributed by atoms with E-state index in [0.29, 0.717) is 17.0 Å². The van der Waals surface area contributed by atoms with Gasteiger partial charge >= 0.3 is 0 Å². The molecule has 2 aromatic heterocycles. The van der Waals surface area contributed by atoms with Gasteiger partial charge in [-0.2, -0.15) is 9.61 Å². The van der Waals surface area contributed by atoms with Crippen LogP contribution < -0.4 is 10.1 Å². The number of nitrogens with zero attached hydrogens (tertiary/aromatic N) is 4. The lowest BCUT2D eigenvalue weighted by Gasteiger charge is -2.12. The van der Waals surface area contributed by atoms with Gasteiger partial charge in [0.2, 0.25) is 4.96 Å². The van der Waals surface area contributed by atoms with Crippen LogP contribution in [0.3, 0.4) is 0 Å². The van der Waals surface area contributed by atoms with Crippen molar-refractivity contribution < 1.29 is 9.53 Å². The van der Waals surface area contributed by atoms with Crippen molar-refractivity contribution in [3.8, 4) is 16.3 Å². The van der Waals surface area contributed by atoms with Crippen LogP contribution in [0, 0.1) is 6.92 Å². The molecule has 2 heterocycles. The van der Waals surface area contributed by atoms with Gasteiger partial charge in [0.25, 0.3) is 5.91 Å². The number of hydrogen-bond acceptors (Lipinski definition) is 6. The van der Waals surface area contributed by atoms with Crippen LogP contribution in [0.5, 0.6) is 5.75 Å². The number of benzene rings is 2. The summed E-state index contributed by atoms with van der Waals surface area (Å²) in [5.74, 6) is 1.23. The molecule has 1 amide bonds. The van der Waals surface area contributed by atoms with Crippen LogP contribution >= 0.6 is 11.3 Å². The zero-order chi connectivity index (χ0) is 20.4. The molecular weight excluding hydrogens is 386 g/mol. The molecule has 4 aromatic rings. The largest absolute Gasteiger partial charge is 0.496 e. The van der Waals surface area contributed by atoms with Crippen LogP contribution in [0.1, 0.15) is 35.1 Å². The van der Waals surface area contributed by atoms with Crippen LogP contribution in [-0.2, 0) is 6.42 Å². The molecule has 0 unspecified atom stereocenters. The number of rotatable bonds is 6. The number of ether oxygens (including phenoxy) is 1. The number of fused-ring (bicyclic) bond motifs is 1. The highest BCUT2D eigenvalue weighted by Gasteiger charge is 2.16. The Labute approximate surface area is 172 Å². The summed E-state index contributed by atoms with van der Waals surface area (Å²) in [6.07, 6.45) is 1.82. The number of amides is 1. The maximum atomic E-state index is 12.8. The molecule has 4 rings (SSSR count). The van der Waals surface area contributed by atoms with Crippen LogP contribution in [0.25, 0.3) is 15.5 Å².